The lowest BCUT2D eigenvalue weighted by atomic mass is 10.1. The Hall–Kier alpha value is -2.59. The highest BCUT2D eigenvalue weighted by molar-refractivity contribution is 8.76. The van der Waals surface area contributed by atoms with Gasteiger partial charge in [-0.25, -0.2) is 0 Å². The quantitative estimate of drug-likeness (QED) is 0.217. The number of rotatable bonds is 7. The molecule has 1 N–H and O–H groups in total. The van der Waals surface area contributed by atoms with E-state index in [0.29, 0.717) is 10.0 Å². The zero-order valence-corrected chi connectivity index (χ0v) is 24.6. The Morgan fingerprint density at radius 3 is 1.85 bits per heavy atom. The van der Waals surface area contributed by atoms with Crippen LogP contribution in [0, 0.1) is 0 Å². The molecule has 2 saturated heterocycles. The Morgan fingerprint density at radius 1 is 0.769 bits per heavy atom. The van der Waals surface area contributed by atoms with Crippen molar-refractivity contribution in [1.82, 2.24) is 20.0 Å². The van der Waals surface area contributed by atoms with Crippen molar-refractivity contribution in [3.05, 3.63) is 58.6 Å². The summed E-state index contributed by atoms with van der Waals surface area (Å²) in [5.41, 5.74) is 3.68. The van der Waals surface area contributed by atoms with Crippen LogP contribution in [0.15, 0.2) is 58.3 Å². The van der Waals surface area contributed by atoms with Gasteiger partial charge in [0.05, 0.1) is 21.2 Å². The van der Waals surface area contributed by atoms with Gasteiger partial charge in [0.2, 0.25) is 5.91 Å². The SMILES string of the molecule is CC(=O)n1nc(N2CCCC2)c(SSc2c(N3CCCC3)n[nH]c2-c2ccc(Cl)cc2)c1-c1ccc(Cl)cc1. The van der Waals surface area contributed by atoms with Gasteiger partial charge < -0.3 is 9.80 Å². The number of halogens is 2. The van der Waals surface area contributed by atoms with Crippen LogP contribution in [0.3, 0.4) is 0 Å². The highest BCUT2D eigenvalue weighted by Gasteiger charge is 2.29. The van der Waals surface area contributed by atoms with Gasteiger partial charge in [-0.05, 0) is 71.5 Å². The number of aromatic amines is 1. The van der Waals surface area contributed by atoms with Gasteiger partial charge in [-0.3, -0.25) is 9.89 Å². The number of anilines is 2. The second-order valence-electron chi connectivity index (χ2n) is 9.75. The van der Waals surface area contributed by atoms with Crippen LogP contribution in [0.1, 0.15) is 37.4 Å². The number of nitrogens with one attached hydrogen (secondary N) is 1. The second-order valence-corrected chi connectivity index (χ2v) is 12.8. The Balaban J connectivity index is 1.45. The fourth-order valence-electron chi connectivity index (χ4n) is 5.13. The van der Waals surface area contributed by atoms with Gasteiger partial charge in [0, 0.05) is 54.3 Å². The zero-order valence-electron chi connectivity index (χ0n) is 21.5. The molecule has 7 nitrogen and oxygen atoms in total. The third-order valence-electron chi connectivity index (χ3n) is 7.10. The van der Waals surface area contributed by atoms with Crippen LogP contribution in [-0.2, 0) is 0 Å². The Morgan fingerprint density at radius 2 is 1.28 bits per heavy atom. The van der Waals surface area contributed by atoms with Crippen LogP contribution in [0.25, 0.3) is 22.5 Å². The van der Waals surface area contributed by atoms with Crippen LogP contribution in [0.2, 0.25) is 10.0 Å². The molecule has 11 heteroatoms. The first-order valence-electron chi connectivity index (χ1n) is 13.1. The first-order chi connectivity index (χ1) is 19.0. The molecule has 0 saturated carbocycles. The van der Waals surface area contributed by atoms with Gasteiger partial charge in [-0.15, -0.1) is 5.10 Å². The summed E-state index contributed by atoms with van der Waals surface area (Å²) < 4.78 is 1.54. The van der Waals surface area contributed by atoms with E-state index in [1.54, 1.807) is 28.5 Å². The van der Waals surface area contributed by atoms with Crippen molar-refractivity contribution in [3.63, 3.8) is 0 Å². The molecule has 4 aromatic rings. The van der Waals surface area contributed by atoms with Gasteiger partial charge in [0.15, 0.2) is 11.6 Å². The summed E-state index contributed by atoms with van der Waals surface area (Å²) in [5, 5.41) is 14.3. The predicted octanol–water partition coefficient (Wildman–Crippen LogP) is 7.91. The Kier molecular flexibility index (Phi) is 7.84. The Labute approximate surface area is 245 Å². The van der Waals surface area contributed by atoms with Gasteiger partial charge in [0.1, 0.15) is 0 Å². The summed E-state index contributed by atoms with van der Waals surface area (Å²) in [6, 6.07) is 15.4. The number of hydrogen-bond donors (Lipinski definition) is 1. The molecule has 0 bridgehead atoms. The van der Waals surface area contributed by atoms with Crippen molar-refractivity contribution in [2.45, 2.75) is 42.4 Å². The Bertz CT molecular complexity index is 1470. The summed E-state index contributed by atoms with van der Waals surface area (Å²) in [6.45, 7) is 5.38. The fraction of sp³-hybridized carbons (Fsp3) is 0.321. The average molecular weight is 600 g/mol. The fourth-order valence-corrected chi connectivity index (χ4v) is 8.01. The molecule has 0 unspecified atom stereocenters. The summed E-state index contributed by atoms with van der Waals surface area (Å²) >= 11 is 12.4. The smallest absolute Gasteiger partial charge is 0.244 e. The van der Waals surface area contributed by atoms with E-state index >= 15 is 0 Å². The topological polar surface area (TPSA) is 70.1 Å². The van der Waals surface area contributed by atoms with Gasteiger partial charge in [-0.1, -0.05) is 47.5 Å². The first-order valence-corrected chi connectivity index (χ1v) is 16.0. The summed E-state index contributed by atoms with van der Waals surface area (Å²) in [4.78, 5) is 19.5. The number of hydrogen-bond acceptors (Lipinski definition) is 7. The molecule has 2 aliphatic rings. The second kappa shape index (κ2) is 11.5. The number of carbonyl (C=O) groups is 1. The van der Waals surface area contributed by atoms with Crippen molar-refractivity contribution < 1.29 is 4.79 Å². The van der Waals surface area contributed by atoms with E-state index in [9.17, 15) is 4.79 Å². The van der Waals surface area contributed by atoms with E-state index in [-0.39, 0.29) is 5.91 Å². The predicted molar refractivity (Wildman–Crippen MR) is 163 cm³/mol. The molecule has 0 aliphatic carbocycles. The molecule has 2 fully saturated rings. The molecule has 6 rings (SSSR count). The van der Waals surface area contributed by atoms with Crippen LogP contribution >= 0.6 is 44.8 Å². The maximum atomic E-state index is 12.8. The maximum absolute atomic E-state index is 12.8. The molecule has 0 amide bonds. The lowest BCUT2D eigenvalue weighted by molar-refractivity contribution is 0.0923. The van der Waals surface area contributed by atoms with Crippen molar-refractivity contribution >= 4 is 62.3 Å². The summed E-state index contributed by atoms with van der Waals surface area (Å²) in [6.07, 6.45) is 4.54. The molecule has 0 spiro atoms. The molecule has 4 heterocycles. The lowest BCUT2D eigenvalue weighted by Crippen LogP contribution is -2.19. The molecule has 2 aliphatic heterocycles. The van der Waals surface area contributed by atoms with Crippen LogP contribution < -0.4 is 9.80 Å². The number of carbonyl (C=O) groups excluding carboxylic acids is 1. The molecule has 2 aromatic heterocycles. The summed E-state index contributed by atoms with van der Waals surface area (Å²) in [7, 11) is 3.29. The average Bonchev–Trinajstić information content (AvgIpc) is 3.74. The van der Waals surface area contributed by atoms with E-state index in [1.165, 1.54) is 4.68 Å². The lowest BCUT2D eigenvalue weighted by Gasteiger charge is -2.18. The van der Waals surface area contributed by atoms with Gasteiger partial charge >= 0.3 is 0 Å². The van der Waals surface area contributed by atoms with Gasteiger partial charge in [-0.2, -0.15) is 9.78 Å². The van der Waals surface area contributed by atoms with Crippen molar-refractivity contribution in [2.75, 3.05) is 36.0 Å². The molecular weight excluding hydrogens is 571 g/mol. The monoisotopic (exact) mass is 598 g/mol. The number of aromatic nitrogens is 4. The summed E-state index contributed by atoms with van der Waals surface area (Å²) in [5.74, 6) is 1.69. The van der Waals surface area contributed by atoms with Crippen LogP contribution in [0.4, 0.5) is 11.6 Å². The van der Waals surface area contributed by atoms with E-state index in [0.717, 1.165) is 95.8 Å². The third kappa shape index (κ3) is 5.42. The van der Waals surface area contributed by atoms with Crippen molar-refractivity contribution in [2.24, 2.45) is 0 Å². The number of benzene rings is 2. The third-order valence-corrected chi connectivity index (χ3v) is 10.0. The van der Waals surface area contributed by atoms with Crippen molar-refractivity contribution in [1.29, 1.82) is 0 Å². The highest BCUT2D eigenvalue weighted by atomic mass is 35.5. The molecular formula is C28H28Cl2N6OS2. The minimum Gasteiger partial charge on any atom is -0.354 e. The molecule has 202 valence electrons. The largest absolute Gasteiger partial charge is 0.354 e. The van der Waals surface area contributed by atoms with Gasteiger partial charge in [0.25, 0.3) is 0 Å². The van der Waals surface area contributed by atoms with Crippen LogP contribution in [-0.4, -0.2) is 52.1 Å². The molecule has 2 aromatic carbocycles. The zero-order chi connectivity index (χ0) is 26.9. The van der Waals surface area contributed by atoms with E-state index in [1.807, 2.05) is 48.5 Å². The van der Waals surface area contributed by atoms with E-state index in [4.69, 9.17) is 33.4 Å². The van der Waals surface area contributed by atoms with Crippen molar-refractivity contribution in [3.8, 4) is 22.5 Å². The number of H-pyrrole nitrogens is 1. The molecule has 0 radical (unpaired) electrons. The van der Waals surface area contributed by atoms with Crippen LogP contribution in [0.5, 0.6) is 0 Å². The number of nitrogens with zero attached hydrogens (tertiary/aromatic N) is 5. The highest BCUT2D eigenvalue weighted by Crippen LogP contribution is 2.51. The van der Waals surface area contributed by atoms with E-state index in [2.05, 4.69) is 14.9 Å². The molecule has 39 heavy (non-hydrogen) atoms. The maximum Gasteiger partial charge on any atom is 0.244 e. The minimum absolute atomic E-state index is 0.125. The standard InChI is InChI=1S/C28H28Cl2N6OS2/c1-18(37)36-24(20-8-12-22(30)13-9-20)26(28(33-36)35-16-4-5-17-35)39-38-25-23(19-6-10-21(29)11-7-19)31-32-27(25)34-14-2-3-15-34/h6-13H,2-5,14-17H2,1H3,(H,31,32). The normalized spacial score (nSPS) is 15.5. The van der Waals surface area contributed by atoms with E-state index < -0.39 is 0 Å². The first kappa shape index (κ1) is 26.6. The minimum atomic E-state index is -0.125. The molecule has 0 atom stereocenters.